The Morgan fingerprint density at radius 3 is 2.65 bits per heavy atom. The highest BCUT2D eigenvalue weighted by molar-refractivity contribution is 14.0. The molecule has 0 radical (unpaired) electrons. The van der Waals surface area contributed by atoms with Crippen molar-refractivity contribution in [2.45, 2.75) is 13.5 Å². The zero-order valence-corrected chi connectivity index (χ0v) is 18.4. The van der Waals surface area contributed by atoms with E-state index in [-0.39, 0.29) is 24.0 Å². The highest BCUT2D eigenvalue weighted by atomic mass is 127. The van der Waals surface area contributed by atoms with Crippen molar-refractivity contribution in [1.29, 1.82) is 0 Å². The minimum absolute atomic E-state index is 0. The van der Waals surface area contributed by atoms with Gasteiger partial charge in [-0.2, -0.15) is 0 Å². The Kier molecular flexibility index (Phi) is 8.43. The highest BCUT2D eigenvalue weighted by Gasteiger charge is 2.20. The van der Waals surface area contributed by atoms with Crippen LogP contribution in [0.25, 0.3) is 0 Å². The molecule has 6 nitrogen and oxygen atoms in total. The largest absolute Gasteiger partial charge is 0.481 e. The summed E-state index contributed by atoms with van der Waals surface area (Å²) in [5, 5.41) is 6.90. The van der Waals surface area contributed by atoms with E-state index < -0.39 is 0 Å². The van der Waals surface area contributed by atoms with Crippen LogP contribution < -0.4 is 15.0 Å². The molecule has 0 spiro atoms. The lowest BCUT2D eigenvalue weighted by molar-refractivity contribution is 0.373. The molecule has 2 aromatic heterocycles. The maximum Gasteiger partial charge on any atom is 0.212 e. The summed E-state index contributed by atoms with van der Waals surface area (Å²) in [6.45, 7) is 7.58. The van der Waals surface area contributed by atoms with E-state index in [1.807, 2.05) is 18.3 Å². The van der Waals surface area contributed by atoms with Crippen LogP contribution in [0, 0.1) is 0 Å². The fourth-order valence-electron chi connectivity index (χ4n) is 2.81. The molecule has 142 valence electrons. The SMILES string of the molecule is CCNC(=NCc1ccc(OC)nc1)N1CCN(c2cccs2)CC1.I. The van der Waals surface area contributed by atoms with Crippen LogP contribution in [0.1, 0.15) is 12.5 Å². The third-order valence-electron chi connectivity index (χ3n) is 4.15. The van der Waals surface area contributed by atoms with Gasteiger partial charge in [0, 0.05) is 45.0 Å². The van der Waals surface area contributed by atoms with E-state index in [0.29, 0.717) is 12.4 Å². The fourth-order valence-corrected chi connectivity index (χ4v) is 3.59. The number of thiophene rings is 1. The van der Waals surface area contributed by atoms with Gasteiger partial charge in [-0.1, -0.05) is 6.07 Å². The monoisotopic (exact) mass is 487 g/mol. The Morgan fingerprint density at radius 2 is 2.08 bits per heavy atom. The van der Waals surface area contributed by atoms with E-state index in [0.717, 1.165) is 44.2 Å². The summed E-state index contributed by atoms with van der Waals surface area (Å²) in [4.78, 5) is 13.8. The maximum absolute atomic E-state index is 5.10. The van der Waals surface area contributed by atoms with Crippen LogP contribution in [-0.4, -0.2) is 55.7 Å². The lowest BCUT2D eigenvalue weighted by Crippen LogP contribution is -2.52. The van der Waals surface area contributed by atoms with Crippen LogP contribution in [0.3, 0.4) is 0 Å². The van der Waals surface area contributed by atoms with Gasteiger partial charge in [0.25, 0.3) is 0 Å². The van der Waals surface area contributed by atoms with Crippen molar-refractivity contribution in [2.24, 2.45) is 4.99 Å². The molecule has 26 heavy (non-hydrogen) atoms. The average molecular weight is 487 g/mol. The molecule has 0 aliphatic carbocycles. The molecule has 0 aromatic carbocycles. The number of piperazine rings is 1. The van der Waals surface area contributed by atoms with Crippen molar-refractivity contribution in [3.8, 4) is 5.88 Å². The van der Waals surface area contributed by atoms with Crippen molar-refractivity contribution in [3.63, 3.8) is 0 Å². The Balaban J connectivity index is 0.00000243. The van der Waals surface area contributed by atoms with Crippen molar-refractivity contribution < 1.29 is 4.74 Å². The second kappa shape index (κ2) is 10.6. The molecule has 1 aliphatic heterocycles. The minimum atomic E-state index is 0. The van der Waals surface area contributed by atoms with Crippen LogP contribution in [0.2, 0.25) is 0 Å². The van der Waals surface area contributed by atoms with Crippen LogP contribution in [0.4, 0.5) is 5.00 Å². The molecule has 3 heterocycles. The molecule has 0 unspecified atom stereocenters. The number of methoxy groups -OCH3 is 1. The topological polar surface area (TPSA) is 53.0 Å². The van der Waals surface area contributed by atoms with E-state index in [2.05, 4.69) is 44.5 Å². The maximum atomic E-state index is 5.10. The molecule has 1 saturated heterocycles. The van der Waals surface area contributed by atoms with E-state index >= 15 is 0 Å². The summed E-state index contributed by atoms with van der Waals surface area (Å²) in [6.07, 6.45) is 1.82. The number of ether oxygens (including phenoxy) is 1. The first-order chi connectivity index (χ1) is 12.3. The second-order valence-corrected chi connectivity index (χ2v) is 6.73. The summed E-state index contributed by atoms with van der Waals surface area (Å²) in [7, 11) is 1.62. The Bertz CT molecular complexity index is 669. The van der Waals surface area contributed by atoms with Crippen LogP contribution in [0.5, 0.6) is 5.88 Å². The van der Waals surface area contributed by atoms with Crippen molar-refractivity contribution >= 4 is 46.3 Å². The number of hydrogen-bond donors (Lipinski definition) is 1. The molecule has 0 saturated carbocycles. The number of pyridine rings is 1. The van der Waals surface area contributed by atoms with E-state index in [9.17, 15) is 0 Å². The standard InChI is InChI=1S/C18H25N5OS.HI/c1-3-19-18(21-14-15-6-7-16(24-2)20-13-15)23-10-8-22(9-11-23)17-5-4-12-25-17;/h4-7,12-13H,3,8-11,14H2,1-2H3,(H,19,21);1H. The van der Waals surface area contributed by atoms with Gasteiger partial charge in [0.05, 0.1) is 18.7 Å². The van der Waals surface area contributed by atoms with E-state index in [1.54, 1.807) is 18.4 Å². The third kappa shape index (κ3) is 5.47. The first-order valence-corrected chi connectivity index (χ1v) is 9.48. The summed E-state index contributed by atoms with van der Waals surface area (Å²) in [6, 6.07) is 8.18. The number of aromatic nitrogens is 1. The van der Waals surface area contributed by atoms with Crippen LogP contribution in [0.15, 0.2) is 40.8 Å². The Labute approximate surface area is 176 Å². The molecule has 1 N–H and O–H groups in total. The van der Waals surface area contributed by atoms with Gasteiger partial charge in [0.1, 0.15) is 0 Å². The molecular formula is C18H26IN5OS. The highest BCUT2D eigenvalue weighted by Crippen LogP contribution is 2.22. The molecule has 2 aromatic rings. The minimum Gasteiger partial charge on any atom is -0.481 e. The molecule has 1 aliphatic rings. The summed E-state index contributed by atoms with van der Waals surface area (Å²) < 4.78 is 5.10. The molecule has 0 atom stereocenters. The predicted octanol–water partition coefficient (Wildman–Crippen LogP) is 3.06. The van der Waals surface area contributed by atoms with Gasteiger partial charge in [0.15, 0.2) is 5.96 Å². The van der Waals surface area contributed by atoms with Gasteiger partial charge in [0.2, 0.25) is 5.88 Å². The number of nitrogens with one attached hydrogen (secondary N) is 1. The number of rotatable bonds is 5. The van der Waals surface area contributed by atoms with Gasteiger partial charge in [-0.25, -0.2) is 9.98 Å². The van der Waals surface area contributed by atoms with Crippen LogP contribution >= 0.6 is 35.3 Å². The number of nitrogens with zero attached hydrogens (tertiary/aromatic N) is 4. The molecule has 0 amide bonds. The van der Waals surface area contributed by atoms with Crippen molar-refractivity contribution in [2.75, 3.05) is 44.7 Å². The fraction of sp³-hybridized carbons (Fsp3) is 0.444. The Morgan fingerprint density at radius 1 is 1.27 bits per heavy atom. The van der Waals surface area contributed by atoms with Gasteiger partial charge < -0.3 is 19.9 Å². The molecule has 1 fully saturated rings. The number of halogens is 1. The number of aliphatic imine (C=N–C) groups is 1. The molecule has 8 heteroatoms. The zero-order chi connectivity index (χ0) is 17.5. The van der Waals surface area contributed by atoms with E-state index in [1.165, 1.54) is 5.00 Å². The van der Waals surface area contributed by atoms with E-state index in [4.69, 9.17) is 9.73 Å². The van der Waals surface area contributed by atoms with Crippen molar-refractivity contribution in [3.05, 3.63) is 41.4 Å². The first kappa shape index (κ1) is 20.8. The molecule has 0 bridgehead atoms. The zero-order valence-electron chi connectivity index (χ0n) is 15.2. The van der Waals surface area contributed by atoms with Gasteiger partial charge in [-0.15, -0.1) is 35.3 Å². The van der Waals surface area contributed by atoms with Gasteiger partial charge >= 0.3 is 0 Å². The number of guanidine groups is 1. The molecule has 3 rings (SSSR count). The second-order valence-electron chi connectivity index (χ2n) is 5.80. The van der Waals surface area contributed by atoms with Crippen molar-refractivity contribution in [1.82, 2.24) is 15.2 Å². The number of hydrogen-bond acceptors (Lipinski definition) is 5. The summed E-state index contributed by atoms with van der Waals surface area (Å²) in [5.41, 5.74) is 1.08. The predicted molar refractivity (Wildman–Crippen MR) is 119 cm³/mol. The first-order valence-electron chi connectivity index (χ1n) is 8.60. The number of anilines is 1. The average Bonchev–Trinajstić information content (AvgIpc) is 3.20. The lowest BCUT2D eigenvalue weighted by atomic mass is 10.3. The smallest absolute Gasteiger partial charge is 0.212 e. The van der Waals surface area contributed by atoms with Gasteiger partial charge in [-0.3, -0.25) is 0 Å². The molecular weight excluding hydrogens is 461 g/mol. The summed E-state index contributed by atoms with van der Waals surface area (Å²) in [5.74, 6) is 1.61. The summed E-state index contributed by atoms with van der Waals surface area (Å²) >= 11 is 1.80. The third-order valence-corrected chi connectivity index (χ3v) is 5.08. The van der Waals surface area contributed by atoms with Gasteiger partial charge in [-0.05, 0) is 30.0 Å². The van der Waals surface area contributed by atoms with Crippen LogP contribution in [-0.2, 0) is 6.54 Å². The quantitative estimate of drug-likeness (QED) is 0.399. The Hall–Kier alpha value is -1.55. The normalized spacial score (nSPS) is 14.8. The lowest BCUT2D eigenvalue weighted by Gasteiger charge is -2.37.